The summed E-state index contributed by atoms with van der Waals surface area (Å²) in [6.45, 7) is 4.94. The fraction of sp³-hybridized carbons (Fsp3) is 0.933. The molecule has 3 unspecified atom stereocenters. The van der Waals surface area contributed by atoms with E-state index in [-0.39, 0.29) is 25.2 Å². The molecule has 2 amide bonds. The molecule has 5 nitrogen and oxygen atoms in total. The topological polar surface area (TPSA) is 70.6 Å². The molecule has 118 valence electrons. The molecule has 0 bridgehead atoms. The largest absolute Gasteiger partial charge is 0.389 e. The molecule has 0 aliphatic heterocycles. The third-order valence-electron chi connectivity index (χ3n) is 3.95. The summed E-state index contributed by atoms with van der Waals surface area (Å²) in [7, 11) is 1.53. The number of hydrogen-bond acceptors (Lipinski definition) is 3. The molecule has 0 spiro atoms. The number of urea groups is 1. The third kappa shape index (κ3) is 6.57. The van der Waals surface area contributed by atoms with Crippen LogP contribution in [0.2, 0.25) is 0 Å². The molecule has 0 saturated heterocycles. The van der Waals surface area contributed by atoms with E-state index in [1.165, 1.54) is 32.8 Å². The van der Waals surface area contributed by atoms with E-state index in [4.69, 9.17) is 4.74 Å². The molecule has 20 heavy (non-hydrogen) atoms. The van der Waals surface area contributed by atoms with Gasteiger partial charge in [0.05, 0.1) is 12.7 Å². The summed E-state index contributed by atoms with van der Waals surface area (Å²) in [5.74, 6) is 1.32. The van der Waals surface area contributed by atoms with Crippen molar-refractivity contribution in [3.8, 4) is 0 Å². The summed E-state index contributed by atoms with van der Waals surface area (Å²) < 4.78 is 4.82. The molecule has 0 aromatic heterocycles. The maximum absolute atomic E-state index is 11.8. The summed E-state index contributed by atoms with van der Waals surface area (Å²) in [5.41, 5.74) is 0. The highest BCUT2D eigenvalue weighted by molar-refractivity contribution is 5.74. The van der Waals surface area contributed by atoms with Gasteiger partial charge in [-0.1, -0.05) is 26.7 Å². The van der Waals surface area contributed by atoms with E-state index in [9.17, 15) is 9.90 Å². The van der Waals surface area contributed by atoms with Crippen LogP contribution in [-0.2, 0) is 4.74 Å². The van der Waals surface area contributed by atoms with E-state index >= 15 is 0 Å². The zero-order chi connectivity index (χ0) is 15.0. The summed E-state index contributed by atoms with van der Waals surface area (Å²) in [6.07, 6.45) is 5.23. The van der Waals surface area contributed by atoms with Gasteiger partial charge in [-0.15, -0.1) is 0 Å². The number of nitrogens with one attached hydrogen (secondary N) is 2. The van der Waals surface area contributed by atoms with E-state index in [1.54, 1.807) is 0 Å². The summed E-state index contributed by atoms with van der Waals surface area (Å²) in [5, 5.41) is 15.2. The first kappa shape index (κ1) is 17.2. The van der Waals surface area contributed by atoms with Crippen LogP contribution in [0.3, 0.4) is 0 Å². The van der Waals surface area contributed by atoms with Crippen LogP contribution in [-0.4, -0.2) is 43.5 Å². The Balaban J connectivity index is 2.25. The minimum atomic E-state index is -0.647. The van der Waals surface area contributed by atoms with Gasteiger partial charge in [-0.05, 0) is 31.1 Å². The van der Waals surface area contributed by atoms with Crippen molar-refractivity contribution in [2.75, 3.05) is 20.3 Å². The van der Waals surface area contributed by atoms with Crippen LogP contribution in [0, 0.1) is 11.8 Å². The minimum absolute atomic E-state index is 0.179. The number of aliphatic hydroxyl groups is 1. The fourth-order valence-corrected chi connectivity index (χ4v) is 2.80. The van der Waals surface area contributed by atoms with E-state index in [0.29, 0.717) is 11.8 Å². The van der Waals surface area contributed by atoms with Crippen LogP contribution in [0.5, 0.6) is 0 Å². The van der Waals surface area contributed by atoms with E-state index in [1.807, 2.05) is 0 Å². The van der Waals surface area contributed by atoms with Crippen molar-refractivity contribution in [2.24, 2.45) is 11.8 Å². The van der Waals surface area contributed by atoms with E-state index in [2.05, 4.69) is 24.5 Å². The quantitative estimate of drug-likeness (QED) is 0.638. The van der Waals surface area contributed by atoms with Crippen LogP contribution in [0.4, 0.5) is 4.79 Å². The number of carbonyl (C=O) groups is 1. The molecule has 0 aromatic carbocycles. The fourth-order valence-electron chi connectivity index (χ4n) is 2.80. The van der Waals surface area contributed by atoms with E-state index < -0.39 is 6.10 Å². The monoisotopic (exact) mass is 286 g/mol. The number of aliphatic hydroxyl groups excluding tert-OH is 1. The molecule has 1 fully saturated rings. The van der Waals surface area contributed by atoms with Gasteiger partial charge < -0.3 is 20.5 Å². The SMILES string of the molecule is COCC(O)CNC(=O)NC1CCCC1CCC(C)C. The molecule has 1 saturated carbocycles. The molecule has 3 atom stereocenters. The lowest BCUT2D eigenvalue weighted by molar-refractivity contribution is 0.0658. The third-order valence-corrected chi connectivity index (χ3v) is 3.95. The van der Waals surface area contributed by atoms with Gasteiger partial charge in [-0.2, -0.15) is 0 Å². The van der Waals surface area contributed by atoms with Gasteiger partial charge in [0.15, 0.2) is 0 Å². The van der Waals surface area contributed by atoms with Crippen molar-refractivity contribution in [2.45, 2.75) is 58.1 Å². The predicted octanol–water partition coefficient (Wildman–Crippen LogP) is 1.90. The molecule has 3 N–H and O–H groups in total. The highest BCUT2D eigenvalue weighted by Crippen LogP contribution is 2.30. The zero-order valence-corrected chi connectivity index (χ0v) is 13.0. The molecule has 1 aliphatic carbocycles. The second-order valence-corrected chi connectivity index (χ2v) is 6.23. The highest BCUT2D eigenvalue weighted by Gasteiger charge is 2.28. The lowest BCUT2D eigenvalue weighted by Gasteiger charge is -2.22. The van der Waals surface area contributed by atoms with Gasteiger partial charge >= 0.3 is 6.03 Å². The maximum Gasteiger partial charge on any atom is 0.315 e. The second-order valence-electron chi connectivity index (χ2n) is 6.23. The highest BCUT2D eigenvalue weighted by atomic mass is 16.5. The minimum Gasteiger partial charge on any atom is -0.389 e. The molecule has 1 rings (SSSR count). The number of methoxy groups -OCH3 is 1. The van der Waals surface area contributed by atoms with Gasteiger partial charge in [0.25, 0.3) is 0 Å². The molecular weight excluding hydrogens is 256 g/mol. The van der Waals surface area contributed by atoms with Crippen LogP contribution in [0.25, 0.3) is 0 Å². The van der Waals surface area contributed by atoms with Gasteiger partial charge in [0, 0.05) is 19.7 Å². The van der Waals surface area contributed by atoms with E-state index in [0.717, 1.165) is 6.42 Å². The van der Waals surface area contributed by atoms with Crippen molar-refractivity contribution in [3.63, 3.8) is 0 Å². The smallest absolute Gasteiger partial charge is 0.315 e. The van der Waals surface area contributed by atoms with Gasteiger partial charge in [0.2, 0.25) is 0 Å². The molecule has 0 aromatic rings. The summed E-state index contributed by atoms with van der Waals surface area (Å²) in [4.78, 5) is 11.8. The van der Waals surface area contributed by atoms with Crippen molar-refractivity contribution < 1.29 is 14.6 Å². The first-order valence-electron chi connectivity index (χ1n) is 7.74. The van der Waals surface area contributed by atoms with Gasteiger partial charge in [-0.3, -0.25) is 0 Å². The van der Waals surface area contributed by atoms with Crippen LogP contribution in [0.1, 0.15) is 46.0 Å². The predicted molar refractivity (Wildman–Crippen MR) is 79.6 cm³/mol. The average Bonchev–Trinajstić information content (AvgIpc) is 2.81. The maximum atomic E-state index is 11.8. The number of hydrogen-bond donors (Lipinski definition) is 3. The summed E-state index contributed by atoms with van der Waals surface area (Å²) in [6, 6.07) is 0.106. The van der Waals surface area contributed by atoms with Gasteiger partial charge in [-0.25, -0.2) is 4.79 Å². The number of carbonyl (C=O) groups excluding carboxylic acids is 1. The van der Waals surface area contributed by atoms with Crippen molar-refractivity contribution in [3.05, 3.63) is 0 Å². The molecule has 1 aliphatic rings. The molecule has 0 heterocycles. The number of amides is 2. The standard InChI is InChI=1S/C15H30N2O3/c1-11(2)7-8-12-5-4-6-14(12)17-15(19)16-9-13(18)10-20-3/h11-14,18H,4-10H2,1-3H3,(H2,16,17,19). The lowest BCUT2D eigenvalue weighted by atomic mass is 9.94. The van der Waals surface area contributed by atoms with Gasteiger partial charge in [0.1, 0.15) is 0 Å². The first-order valence-corrected chi connectivity index (χ1v) is 7.74. The van der Waals surface area contributed by atoms with Crippen molar-refractivity contribution in [1.29, 1.82) is 0 Å². The van der Waals surface area contributed by atoms with Crippen molar-refractivity contribution in [1.82, 2.24) is 10.6 Å². The Morgan fingerprint density at radius 3 is 2.80 bits per heavy atom. The Labute approximate surface area is 122 Å². The zero-order valence-electron chi connectivity index (χ0n) is 13.0. The van der Waals surface area contributed by atoms with Crippen molar-refractivity contribution >= 4 is 6.03 Å². The molecular formula is C15H30N2O3. The first-order chi connectivity index (χ1) is 9.52. The Morgan fingerprint density at radius 1 is 1.40 bits per heavy atom. The van der Waals surface area contributed by atoms with Crippen LogP contribution < -0.4 is 10.6 Å². The Hall–Kier alpha value is -0.810. The Bertz CT molecular complexity index is 284. The number of ether oxygens (including phenoxy) is 1. The second kappa shape index (κ2) is 9.19. The normalized spacial score (nSPS) is 23.9. The number of rotatable bonds is 8. The average molecular weight is 286 g/mol. The molecule has 5 heteroatoms. The van der Waals surface area contributed by atoms with Crippen LogP contribution in [0.15, 0.2) is 0 Å². The lowest BCUT2D eigenvalue weighted by Crippen LogP contribution is -2.46. The Kier molecular flexibility index (Phi) is 7.92. The van der Waals surface area contributed by atoms with Crippen LogP contribution >= 0.6 is 0 Å². The Morgan fingerprint density at radius 2 is 2.15 bits per heavy atom. The summed E-state index contributed by atoms with van der Waals surface area (Å²) >= 11 is 0. The molecule has 0 radical (unpaired) electrons.